The largest absolute Gasteiger partial charge is 0.319 e. The second kappa shape index (κ2) is 8.60. The van der Waals surface area contributed by atoms with Crippen molar-refractivity contribution in [1.82, 2.24) is 9.55 Å². The van der Waals surface area contributed by atoms with Crippen molar-refractivity contribution in [3.63, 3.8) is 0 Å². The van der Waals surface area contributed by atoms with E-state index in [-0.39, 0.29) is 0 Å². The van der Waals surface area contributed by atoms with Gasteiger partial charge in [0.05, 0.1) is 15.4 Å². The monoisotopic (exact) mass is 532 g/mol. The number of hydrogen-bond donors (Lipinski definition) is 0. The summed E-state index contributed by atoms with van der Waals surface area (Å²) in [4.78, 5) is 4.88. The topological polar surface area (TPSA) is 17.8 Å². The van der Waals surface area contributed by atoms with E-state index in [1.165, 1.54) is 16.7 Å². The van der Waals surface area contributed by atoms with Gasteiger partial charge in [-0.1, -0.05) is 97.1 Å². The highest BCUT2D eigenvalue weighted by Crippen LogP contribution is 2.50. The van der Waals surface area contributed by atoms with E-state index in [1.54, 1.807) is 0 Å². The third-order valence-corrected chi connectivity index (χ3v) is 6.65. The molecule has 1 fully saturated rings. The Bertz CT molecular complexity index is 1080. The lowest BCUT2D eigenvalue weighted by atomic mass is 9.77. The molecule has 4 aromatic rings. The SMILES string of the molecule is BrC(Br)=C[C@H]1C[C@@H]1c1cn(C(c2ccccc2)(c2ccccc2)c2ccccc2)cn1. The van der Waals surface area contributed by atoms with Gasteiger partial charge in [0, 0.05) is 12.1 Å². The smallest absolute Gasteiger partial charge is 0.121 e. The molecule has 1 aromatic heterocycles. The summed E-state index contributed by atoms with van der Waals surface area (Å²) in [6.07, 6.45) is 7.60. The van der Waals surface area contributed by atoms with Crippen LogP contribution in [0.5, 0.6) is 0 Å². The van der Waals surface area contributed by atoms with Gasteiger partial charge in [0.25, 0.3) is 0 Å². The Hall–Kier alpha value is -2.43. The zero-order valence-electron chi connectivity index (χ0n) is 16.9. The molecule has 2 nitrogen and oxygen atoms in total. The first-order valence-corrected chi connectivity index (χ1v) is 12.0. The van der Waals surface area contributed by atoms with Crippen molar-refractivity contribution in [3.05, 3.63) is 135 Å². The number of nitrogens with zero attached hydrogens (tertiary/aromatic N) is 2. The average Bonchev–Trinajstić information content (AvgIpc) is 3.38. The number of allylic oxidation sites excluding steroid dienone is 1. The summed E-state index contributed by atoms with van der Waals surface area (Å²) in [5.41, 5.74) is 4.30. The Labute approximate surface area is 199 Å². The van der Waals surface area contributed by atoms with Crippen LogP contribution < -0.4 is 0 Å². The van der Waals surface area contributed by atoms with Gasteiger partial charge in [-0.25, -0.2) is 4.98 Å². The van der Waals surface area contributed by atoms with E-state index in [2.05, 4.69) is 140 Å². The number of hydrogen-bond acceptors (Lipinski definition) is 1. The number of imidazole rings is 1. The highest BCUT2D eigenvalue weighted by atomic mass is 79.9. The van der Waals surface area contributed by atoms with E-state index in [9.17, 15) is 0 Å². The lowest BCUT2D eigenvalue weighted by molar-refractivity contribution is 0.514. The van der Waals surface area contributed by atoms with Gasteiger partial charge in [-0.2, -0.15) is 0 Å². The van der Waals surface area contributed by atoms with Crippen LogP contribution in [0.15, 0.2) is 113 Å². The minimum absolute atomic E-state index is 0.464. The molecular formula is C27H22Br2N2. The molecule has 0 N–H and O–H groups in total. The molecule has 3 aromatic carbocycles. The molecule has 1 aliphatic rings. The molecule has 2 atom stereocenters. The van der Waals surface area contributed by atoms with Crippen LogP contribution in [0.3, 0.4) is 0 Å². The molecule has 0 unspecified atom stereocenters. The molecule has 154 valence electrons. The number of benzene rings is 3. The van der Waals surface area contributed by atoms with Crippen LogP contribution in [-0.4, -0.2) is 9.55 Å². The second-order valence-corrected chi connectivity index (χ2v) is 10.7. The van der Waals surface area contributed by atoms with E-state index in [0.717, 1.165) is 15.5 Å². The molecule has 1 heterocycles. The molecule has 31 heavy (non-hydrogen) atoms. The minimum atomic E-state index is -0.495. The summed E-state index contributed by atoms with van der Waals surface area (Å²) in [6, 6.07) is 32.2. The molecule has 0 saturated heterocycles. The highest BCUT2D eigenvalue weighted by molar-refractivity contribution is 9.28. The van der Waals surface area contributed by atoms with Gasteiger partial charge < -0.3 is 4.57 Å². The summed E-state index contributed by atoms with van der Waals surface area (Å²) in [7, 11) is 0. The van der Waals surface area contributed by atoms with Crippen molar-refractivity contribution < 1.29 is 0 Å². The van der Waals surface area contributed by atoms with Crippen LogP contribution in [0.1, 0.15) is 34.7 Å². The third kappa shape index (κ3) is 3.83. The molecule has 5 rings (SSSR count). The molecule has 1 saturated carbocycles. The van der Waals surface area contributed by atoms with Gasteiger partial charge in [0.1, 0.15) is 5.54 Å². The van der Waals surface area contributed by atoms with Crippen molar-refractivity contribution in [2.24, 2.45) is 5.92 Å². The summed E-state index contributed by atoms with van der Waals surface area (Å²) in [5.74, 6) is 0.989. The molecule has 1 aliphatic carbocycles. The molecule has 0 radical (unpaired) electrons. The molecule has 0 amide bonds. The summed E-state index contributed by atoms with van der Waals surface area (Å²) >= 11 is 6.99. The van der Waals surface area contributed by atoms with E-state index < -0.39 is 5.54 Å². The Morgan fingerprint density at radius 2 is 1.29 bits per heavy atom. The van der Waals surface area contributed by atoms with Gasteiger partial charge >= 0.3 is 0 Å². The Kier molecular flexibility index (Phi) is 5.68. The maximum atomic E-state index is 4.88. The number of aromatic nitrogens is 2. The zero-order chi connectivity index (χ0) is 21.3. The van der Waals surface area contributed by atoms with Gasteiger partial charge in [0.2, 0.25) is 0 Å². The lowest BCUT2D eigenvalue weighted by Gasteiger charge is -2.37. The second-order valence-electron chi connectivity index (χ2n) is 7.98. The van der Waals surface area contributed by atoms with Crippen LogP contribution >= 0.6 is 31.9 Å². The maximum Gasteiger partial charge on any atom is 0.121 e. The summed E-state index contributed by atoms with van der Waals surface area (Å²) in [5, 5.41) is 0. The van der Waals surface area contributed by atoms with Crippen molar-refractivity contribution in [2.45, 2.75) is 17.9 Å². The maximum absolute atomic E-state index is 4.88. The first-order valence-electron chi connectivity index (χ1n) is 10.4. The van der Waals surface area contributed by atoms with Crippen LogP contribution in [0.2, 0.25) is 0 Å². The fourth-order valence-corrected chi connectivity index (χ4v) is 5.28. The van der Waals surface area contributed by atoms with Gasteiger partial charge in [-0.05, 0) is 60.9 Å². The minimum Gasteiger partial charge on any atom is -0.319 e. The Balaban J connectivity index is 1.71. The zero-order valence-corrected chi connectivity index (χ0v) is 20.1. The molecule has 0 aliphatic heterocycles. The number of rotatable bonds is 6. The quantitative estimate of drug-likeness (QED) is 0.235. The van der Waals surface area contributed by atoms with Crippen LogP contribution in [-0.2, 0) is 5.54 Å². The predicted molar refractivity (Wildman–Crippen MR) is 134 cm³/mol. The van der Waals surface area contributed by atoms with E-state index in [4.69, 9.17) is 4.98 Å². The first kappa shape index (κ1) is 20.5. The lowest BCUT2D eigenvalue weighted by Crippen LogP contribution is -2.36. The van der Waals surface area contributed by atoms with Crippen molar-refractivity contribution in [1.29, 1.82) is 0 Å². The van der Waals surface area contributed by atoms with Gasteiger partial charge in [-0.3, -0.25) is 0 Å². The fourth-order valence-electron chi connectivity index (χ4n) is 4.60. The first-order chi connectivity index (χ1) is 15.2. The fraction of sp³-hybridized carbons (Fsp3) is 0.148. The standard InChI is InChI=1S/C27H22Br2N2/c28-26(29)17-20-16-24(20)25-18-31(19-30-25)27(21-10-4-1-5-11-21,22-12-6-2-7-13-22)23-14-8-3-9-15-23/h1-15,17-20,24H,16H2/t20-,24+/m1/s1. The van der Waals surface area contributed by atoms with Gasteiger partial charge in [-0.15, -0.1) is 0 Å². The van der Waals surface area contributed by atoms with Crippen molar-refractivity contribution >= 4 is 31.9 Å². The Morgan fingerprint density at radius 1 is 0.806 bits per heavy atom. The molecule has 4 heteroatoms. The summed E-state index contributed by atoms with van der Waals surface area (Å²) in [6.45, 7) is 0. The Morgan fingerprint density at radius 3 is 1.74 bits per heavy atom. The predicted octanol–water partition coefficient (Wildman–Crippen LogP) is 7.46. The molecular weight excluding hydrogens is 512 g/mol. The summed E-state index contributed by atoms with van der Waals surface area (Å²) < 4.78 is 3.31. The van der Waals surface area contributed by atoms with E-state index in [1.807, 2.05) is 6.33 Å². The van der Waals surface area contributed by atoms with Crippen molar-refractivity contribution in [3.8, 4) is 0 Å². The van der Waals surface area contributed by atoms with E-state index in [0.29, 0.717) is 11.8 Å². The molecule has 0 spiro atoms. The van der Waals surface area contributed by atoms with E-state index >= 15 is 0 Å². The average molecular weight is 534 g/mol. The molecule has 0 bridgehead atoms. The number of halogens is 2. The normalized spacial score (nSPS) is 17.9. The highest BCUT2D eigenvalue weighted by Gasteiger charge is 2.42. The van der Waals surface area contributed by atoms with Crippen LogP contribution in [0, 0.1) is 5.92 Å². The van der Waals surface area contributed by atoms with Crippen molar-refractivity contribution in [2.75, 3.05) is 0 Å². The van der Waals surface area contributed by atoms with Crippen LogP contribution in [0.4, 0.5) is 0 Å². The van der Waals surface area contributed by atoms with Gasteiger partial charge in [0.15, 0.2) is 0 Å². The van der Waals surface area contributed by atoms with Crippen LogP contribution in [0.25, 0.3) is 0 Å². The third-order valence-electron chi connectivity index (χ3n) is 6.12.